The summed E-state index contributed by atoms with van der Waals surface area (Å²) in [5, 5.41) is 5.76. The van der Waals surface area contributed by atoms with Crippen LogP contribution in [0.5, 0.6) is 0 Å². The number of aromatic nitrogens is 3. The van der Waals surface area contributed by atoms with E-state index in [2.05, 4.69) is 25.1 Å². The zero-order chi connectivity index (χ0) is 24.0. The van der Waals surface area contributed by atoms with Gasteiger partial charge >= 0.3 is 6.09 Å². The minimum absolute atomic E-state index is 0.0280. The molecule has 1 aliphatic rings. The standard InChI is InChI=1S/C27H30N4O3/c1-18-8-5-6-9-20(18)21-10-7-11-22-24(21)25-30(28-22)17-14-23(32)31(25)19-12-15-29(16-13-19)26(33)34-27(2,3)4/h5-11,14,17,19H,12-13,15-16H2,1-4H3. The normalized spacial score (nSPS) is 15.2. The van der Waals surface area contributed by atoms with Crippen LogP contribution in [-0.4, -0.2) is 43.9 Å². The molecule has 3 heterocycles. The Hall–Kier alpha value is -3.61. The molecule has 1 amide bonds. The molecule has 0 bridgehead atoms. The molecule has 34 heavy (non-hydrogen) atoms. The SMILES string of the molecule is Cc1ccccc1-c1cccc2nn3ccc(=O)n(C4CCN(C(=O)OC(C)(C)C)CC4)c3c12. The van der Waals surface area contributed by atoms with Gasteiger partial charge in [-0.25, -0.2) is 9.31 Å². The monoisotopic (exact) mass is 458 g/mol. The van der Waals surface area contributed by atoms with E-state index in [1.165, 1.54) is 5.56 Å². The lowest BCUT2D eigenvalue weighted by molar-refractivity contribution is 0.0188. The molecule has 1 aliphatic heterocycles. The summed E-state index contributed by atoms with van der Waals surface area (Å²) in [5.41, 5.74) is 4.44. The number of carbonyl (C=O) groups excluding carboxylic acids is 1. The largest absolute Gasteiger partial charge is 0.444 e. The van der Waals surface area contributed by atoms with Crippen LogP contribution in [0.4, 0.5) is 4.79 Å². The Balaban J connectivity index is 1.59. The average molecular weight is 459 g/mol. The van der Waals surface area contributed by atoms with Crippen LogP contribution in [0, 0.1) is 6.92 Å². The van der Waals surface area contributed by atoms with Crippen molar-refractivity contribution < 1.29 is 9.53 Å². The van der Waals surface area contributed by atoms with Gasteiger partial charge in [-0.3, -0.25) is 9.36 Å². The number of amides is 1. The molecule has 2 aromatic carbocycles. The Labute approximate surface area is 198 Å². The number of carbonyl (C=O) groups is 1. The highest BCUT2D eigenvalue weighted by atomic mass is 16.6. The van der Waals surface area contributed by atoms with E-state index in [9.17, 15) is 9.59 Å². The van der Waals surface area contributed by atoms with Crippen molar-refractivity contribution in [2.75, 3.05) is 13.1 Å². The first-order valence-electron chi connectivity index (χ1n) is 11.8. The lowest BCUT2D eigenvalue weighted by Gasteiger charge is -2.34. The third-order valence-electron chi connectivity index (χ3n) is 6.44. The summed E-state index contributed by atoms with van der Waals surface area (Å²) in [5.74, 6) is 0. The third-order valence-corrected chi connectivity index (χ3v) is 6.44. The Morgan fingerprint density at radius 2 is 1.71 bits per heavy atom. The highest BCUT2D eigenvalue weighted by Gasteiger charge is 2.29. The van der Waals surface area contributed by atoms with Crippen LogP contribution in [-0.2, 0) is 4.74 Å². The van der Waals surface area contributed by atoms with Crippen molar-refractivity contribution in [3.8, 4) is 11.1 Å². The van der Waals surface area contributed by atoms with Gasteiger partial charge in [0, 0.05) is 31.4 Å². The predicted molar refractivity (Wildman–Crippen MR) is 133 cm³/mol. The molecule has 2 aromatic heterocycles. The van der Waals surface area contributed by atoms with Crippen molar-refractivity contribution in [3.63, 3.8) is 0 Å². The van der Waals surface area contributed by atoms with Gasteiger partial charge in [0.1, 0.15) is 11.2 Å². The molecule has 7 nitrogen and oxygen atoms in total. The van der Waals surface area contributed by atoms with E-state index >= 15 is 0 Å². The second-order valence-corrected chi connectivity index (χ2v) is 10.0. The molecular weight excluding hydrogens is 428 g/mol. The van der Waals surface area contributed by atoms with Crippen LogP contribution in [0.2, 0.25) is 0 Å². The number of nitrogens with zero attached hydrogens (tertiary/aromatic N) is 4. The quantitative estimate of drug-likeness (QED) is 0.414. The first kappa shape index (κ1) is 22.2. The fraction of sp³-hybridized carbons (Fsp3) is 0.370. The van der Waals surface area contributed by atoms with Crippen LogP contribution in [0.15, 0.2) is 59.5 Å². The van der Waals surface area contributed by atoms with Crippen molar-refractivity contribution in [2.24, 2.45) is 0 Å². The number of piperidine rings is 1. The molecule has 1 saturated heterocycles. The van der Waals surface area contributed by atoms with Gasteiger partial charge in [-0.2, -0.15) is 5.10 Å². The molecule has 7 heteroatoms. The summed E-state index contributed by atoms with van der Waals surface area (Å²) in [4.78, 5) is 27.5. The number of fused-ring (bicyclic) bond motifs is 3. The minimum atomic E-state index is -0.529. The van der Waals surface area contributed by atoms with Crippen molar-refractivity contribution in [1.82, 2.24) is 19.1 Å². The van der Waals surface area contributed by atoms with Gasteiger partial charge in [-0.1, -0.05) is 36.4 Å². The summed E-state index contributed by atoms with van der Waals surface area (Å²) in [6, 6.07) is 15.9. The van der Waals surface area contributed by atoms with E-state index in [0.29, 0.717) is 25.9 Å². The zero-order valence-corrected chi connectivity index (χ0v) is 20.1. The number of aryl methyl sites for hydroxylation is 1. The van der Waals surface area contributed by atoms with Crippen LogP contribution >= 0.6 is 0 Å². The molecule has 176 valence electrons. The summed E-state index contributed by atoms with van der Waals surface area (Å²) in [7, 11) is 0. The molecule has 4 aromatic rings. The van der Waals surface area contributed by atoms with Gasteiger partial charge < -0.3 is 9.64 Å². The minimum Gasteiger partial charge on any atom is -0.444 e. The lowest BCUT2D eigenvalue weighted by Crippen LogP contribution is -2.43. The van der Waals surface area contributed by atoms with Crippen molar-refractivity contribution in [2.45, 2.75) is 52.2 Å². The molecule has 5 rings (SSSR count). The third kappa shape index (κ3) is 3.95. The van der Waals surface area contributed by atoms with E-state index in [-0.39, 0.29) is 17.7 Å². The first-order chi connectivity index (χ1) is 16.2. The van der Waals surface area contributed by atoms with Crippen LogP contribution in [0.3, 0.4) is 0 Å². The molecule has 0 aliphatic carbocycles. The summed E-state index contributed by atoms with van der Waals surface area (Å²) >= 11 is 0. The molecule has 0 spiro atoms. The smallest absolute Gasteiger partial charge is 0.410 e. The maximum Gasteiger partial charge on any atom is 0.410 e. The molecule has 0 radical (unpaired) electrons. The van der Waals surface area contributed by atoms with E-state index < -0.39 is 5.60 Å². The Bertz CT molecular complexity index is 1440. The average Bonchev–Trinajstić information content (AvgIpc) is 3.17. The molecular formula is C27H30N4O3. The maximum absolute atomic E-state index is 13.2. The zero-order valence-electron chi connectivity index (χ0n) is 20.1. The lowest BCUT2D eigenvalue weighted by atomic mass is 9.97. The number of ether oxygens (including phenoxy) is 1. The van der Waals surface area contributed by atoms with E-state index in [0.717, 1.165) is 27.7 Å². The highest BCUT2D eigenvalue weighted by molar-refractivity contribution is 6.04. The van der Waals surface area contributed by atoms with Crippen LogP contribution < -0.4 is 5.56 Å². The molecule has 0 unspecified atom stereocenters. The summed E-state index contributed by atoms with van der Waals surface area (Å²) in [6.45, 7) is 8.80. The van der Waals surface area contributed by atoms with Crippen LogP contribution in [0.1, 0.15) is 45.2 Å². The van der Waals surface area contributed by atoms with Crippen LogP contribution in [0.25, 0.3) is 27.7 Å². The van der Waals surface area contributed by atoms with E-state index in [4.69, 9.17) is 9.84 Å². The maximum atomic E-state index is 13.2. The van der Waals surface area contributed by atoms with Gasteiger partial charge in [-0.15, -0.1) is 0 Å². The fourth-order valence-electron chi connectivity index (χ4n) is 4.88. The van der Waals surface area contributed by atoms with Crippen molar-refractivity contribution in [1.29, 1.82) is 0 Å². The summed E-state index contributed by atoms with van der Waals surface area (Å²) < 4.78 is 9.23. The van der Waals surface area contributed by atoms with Gasteiger partial charge in [0.2, 0.25) is 0 Å². The Morgan fingerprint density at radius 1 is 1.00 bits per heavy atom. The second kappa shape index (κ2) is 8.31. The Morgan fingerprint density at radius 3 is 2.41 bits per heavy atom. The van der Waals surface area contributed by atoms with Crippen molar-refractivity contribution >= 4 is 22.6 Å². The van der Waals surface area contributed by atoms with Gasteiger partial charge in [0.25, 0.3) is 5.56 Å². The topological polar surface area (TPSA) is 68.8 Å². The van der Waals surface area contributed by atoms with Gasteiger partial charge in [-0.05, 0) is 63.3 Å². The summed E-state index contributed by atoms with van der Waals surface area (Å²) in [6.07, 6.45) is 2.80. The fourth-order valence-corrected chi connectivity index (χ4v) is 4.88. The van der Waals surface area contributed by atoms with E-state index in [1.807, 2.05) is 54.1 Å². The second-order valence-electron chi connectivity index (χ2n) is 10.0. The first-order valence-corrected chi connectivity index (χ1v) is 11.8. The molecule has 0 N–H and O–H groups in total. The van der Waals surface area contributed by atoms with Gasteiger partial charge in [0.15, 0.2) is 0 Å². The number of hydrogen-bond donors (Lipinski definition) is 0. The highest BCUT2D eigenvalue weighted by Crippen LogP contribution is 2.35. The number of benzene rings is 2. The Kier molecular flexibility index (Phi) is 5.42. The number of hydrogen-bond acceptors (Lipinski definition) is 4. The molecule has 1 fully saturated rings. The van der Waals surface area contributed by atoms with Gasteiger partial charge in [0.05, 0.1) is 10.9 Å². The molecule has 0 atom stereocenters. The molecule has 0 saturated carbocycles. The predicted octanol–water partition coefficient (Wildman–Crippen LogP) is 5.20. The van der Waals surface area contributed by atoms with Crippen molar-refractivity contribution in [3.05, 3.63) is 70.6 Å². The van der Waals surface area contributed by atoms with E-state index in [1.54, 1.807) is 17.2 Å². The number of likely N-dealkylation sites (tertiary alicyclic amines) is 1. The number of rotatable bonds is 2.